The van der Waals surface area contributed by atoms with E-state index in [1.54, 1.807) is 12.4 Å². The number of rotatable bonds is 1. The molecule has 3 heterocycles. The van der Waals surface area contributed by atoms with Gasteiger partial charge in [-0.1, -0.05) is 11.6 Å². The monoisotopic (exact) mass is 247 g/mol. The molecule has 0 aliphatic carbocycles. The molecule has 17 heavy (non-hydrogen) atoms. The van der Waals surface area contributed by atoms with Crippen molar-refractivity contribution in [2.75, 3.05) is 0 Å². The molecule has 2 bridgehead atoms. The maximum atomic E-state index is 9.60. The molecule has 3 nitrogen and oxygen atoms in total. The highest BCUT2D eigenvalue weighted by Crippen LogP contribution is 2.42. The molecule has 2 fully saturated rings. The highest BCUT2D eigenvalue weighted by Gasteiger charge is 2.45. The minimum absolute atomic E-state index is 0.394. The molecule has 2 saturated heterocycles. The molecule has 0 radical (unpaired) electrons. The first-order valence-corrected chi connectivity index (χ1v) is 6.38. The lowest BCUT2D eigenvalue weighted by Crippen LogP contribution is -2.46. The van der Waals surface area contributed by atoms with E-state index in [-0.39, 0.29) is 0 Å². The second-order valence-corrected chi connectivity index (χ2v) is 5.57. The number of fused-ring (bicyclic) bond motifs is 2. The minimum atomic E-state index is -0.394. The van der Waals surface area contributed by atoms with Gasteiger partial charge in [-0.3, -0.25) is 4.98 Å². The predicted molar refractivity (Wildman–Crippen MR) is 65.7 cm³/mol. The second-order valence-electron chi connectivity index (χ2n) is 5.13. The van der Waals surface area contributed by atoms with Crippen LogP contribution in [0.5, 0.6) is 0 Å². The standard InChI is InChI=1S/C13H14ClN3/c14-10-3-9(6-16-7-10)13(8-15)4-11-1-2-12(5-13)17-11/h3,6-7,11-12,17H,1-2,4-5H2. The van der Waals surface area contributed by atoms with E-state index >= 15 is 0 Å². The molecule has 0 amide bonds. The van der Waals surface area contributed by atoms with Gasteiger partial charge in [0, 0.05) is 24.5 Å². The Balaban J connectivity index is 2.00. The summed E-state index contributed by atoms with van der Waals surface area (Å²) in [6.07, 6.45) is 7.53. The van der Waals surface area contributed by atoms with Gasteiger partial charge in [0.05, 0.1) is 16.5 Å². The van der Waals surface area contributed by atoms with Crippen molar-refractivity contribution in [1.82, 2.24) is 10.3 Å². The Hall–Kier alpha value is -1.11. The molecular weight excluding hydrogens is 234 g/mol. The highest BCUT2D eigenvalue weighted by atomic mass is 35.5. The van der Waals surface area contributed by atoms with Crippen LogP contribution in [0.1, 0.15) is 31.2 Å². The molecule has 3 rings (SSSR count). The van der Waals surface area contributed by atoms with Crippen LogP contribution in [0.4, 0.5) is 0 Å². The van der Waals surface area contributed by atoms with Gasteiger partial charge in [-0.25, -0.2) is 0 Å². The molecule has 4 heteroatoms. The molecule has 88 valence electrons. The van der Waals surface area contributed by atoms with E-state index in [0.717, 1.165) is 18.4 Å². The van der Waals surface area contributed by atoms with E-state index in [0.29, 0.717) is 17.1 Å². The summed E-state index contributed by atoms with van der Waals surface area (Å²) in [6.45, 7) is 0. The van der Waals surface area contributed by atoms with Crippen molar-refractivity contribution in [3.8, 4) is 6.07 Å². The van der Waals surface area contributed by atoms with Gasteiger partial charge in [-0.05, 0) is 37.3 Å². The van der Waals surface area contributed by atoms with Crippen molar-refractivity contribution in [3.63, 3.8) is 0 Å². The van der Waals surface area contributed by atoms with E-state index in [2.05, 4.69) is 16.4 Å². The zero-order valence-electron chi connectivity index (χ0n) is 9.49. The van der Waals surface area contributed by atoms with Gasteiger partial charge in [0.25, 0.3) is 0 Å². The summed E-state index contributed by atoms with van der Waals surface area (Å²) in [6, 6.07) is 5.37. The Morgan fingerprint density at radius 1 is 1.35 bits per heavy atom. The van der Waals surface area contributed by atoms with E-state index in [1.165, 1.54) is 12.8 Å². The summed E-state index contributed by atoms with van der Waals surface area (Å²) in [5.74, 6) is 0. The molecular formula is C13H14ClN3. The van der Waals surface area contributed by atoms with Gasteiger partial charge < -0.3 is 5.32 Å². The summed E-state index contributed by atoms with van der Waals surface area (Å²) >= 11 is 5.98. The molecule has 2 aliphatic heterocycles. The molecule has 2 aliphatic rings. The molecule has 0 aromatic carbocycles. The number of nitrogens with zero attached hydrogens (tertiary/aromatic N) is 2. The zero-order chi connectivity index (χ0) is 11.9. The lowest BCUT2D eigenvalue weighted by Gasteiger charge is -2.36. The first-order chi connectivity index (χ1) is 8.22. The summed E-state index contributed by atoms with van der Waals surface area (Å²) in [7, 11) is 0. The number of pyridine rings is 1. The quantitative estimate of drug-likeness (QED) is 0.829. The molecule has 1 aromatic rings. The van der Waals surface area contributed by atoms with Crippen LogP contribution in [0.3, 0.4) is 0 Å². The number of hydrogen-bond donors (Lipinski definition) is 1. The number of hydrogen-bond acceptors (Lipinski definition) is 3. The Kier molecular flexibility index (Phi) is 2.57. The van der Waals surface area contributed by atoms with Crippen molar-refractivity contribution >= 4 is 11.6 Å². The predicted octanol–water partition coefficient (Wildman–Crippen LogP) is 2.41. The first kappa shape index (κ1) is 11.0. The Morgan fingerprint density at radius 3 is 2.65 bits per heavy atom. The Bertz CT molecular complexity index is 468. The third kappa shape index (κ3) is 1.82. The zero-order valence-corrected chi connectivity index (χ0v) is 10.2. The Morgan fingerprint density at radius 2 is 2.06 bits per heavy atom. The van der Waals surface area contributed by atoms with Crippen LogP contribution in [0.2, 0.25) is 5.02 Å². The van der Waals surface area contributed by atoms with Gasteiger partial charge in [0.15, 0.2) is 0 Å². The van der Waals surface area contributed by atoms with E-state index in [9.17, 15) is 5.26 Å². The number of halogens is 1. The van der Waals surface area contributed by atoms with Crippen LogP contribution in [0, 0.1) is 11.3 Å². The molecule has 2 atom stereocenters. The van der Waals surface area contributed by atoms with Crippen LogP contribution >= 0.6 is 11.6 Å². The Labute approximate surface area is 106 Å². The number of nitrogens with one attached hydrogen (secondary N) is 1. The van der Waals surface area contributed by atoms with Crippen LogP contribution in [0.15, 0.2) is 18.5 Å². The van der Waals surface area contributed by atoms with Crippen LogP contribution in [-0.2, 0) is 5.41 Å². The minimum Gasteiger partial charge on any atom is -0.311 e. The third-order valence-corrected chi connectivity index (χ3v) is 4.20. The number of aromatic nitrogens is 1. The average Bonchev–Trinajstić information content (AvgIpc) is 2.69. The van der Waals surface area contributed by atoms with Crippen molar-refractivity contribution in [1.29, 1.82) is 5.26 Å². The number of nitriles is 1. The lowest BCUT2D eigenvalue weighted by molar-refractivity contribution is 0.304. The smallest absolute Gasteiger partial charge is 0.0867 e. The molecule has 2 unspecified atom stereocenters. The van der Waals surface area contributed by atoms with Gasteiger partial charge in [-0.2, -0.15) is 5.26 Å². The van der Waals surface area contributed by atoms with E-state index < -0.39 is 5.41 Å². The summed E-state index contributed by atoms with van der Waals surface area (Å²) in [4.78, 5) is 4.12. The second kappa shape index (κ2) is 3.97. The fourth-order valence-corrected chi connectivity index (χ4v) is 3.39. The highest BCUT2D eigenvalue weighted by molar-refractivity contribution is 6.30. The van der Waals surface area contributed by atoms with E-state index in [4.69, 9.17) is 11.6 Å². The summed E-state index contributed by atoms with van der Waals surface area (Å²) < 4.78 is 0. The molecule has 1 aromatic heterocycles. The fraction of sp³-hybridized carbons (Fsp3) is 0.538. The fourth-order valence-electron chi connectivity index (χ4n) is 3.21. The largest absolute Gasteiger partial charge is 0.311 e. The van der Waals surface area contributed by atoms with Crippen LogP contribution in [-0.4, -0.2) is 17.1 Å². The third-order valence-electron chi connectivity index (χ3n) is 4.00. The number of piperidine rings is 1. The van der Waals surface area contributed by atoms with Crippen molar-refractivity contribution in [2.24, 2.45) is 0 Å². The topological polar surface area (TPSA) is 48.7 Å². The van der Waals surface area contributed by atoms with Gasteiger partial charge >= 0.3 is 0 Å². The van der Waals surface area contributed by atoms with Crippen molar-refractivity contribution in [2.45, 2.75) is 43.2 Å². The summed E-state index contributed by atoms with van der Waals surface area (Å²) in [5.41, 5.74) is 0.584. The first-order valence-electron chi connectivity index (χ1n) is 6.00. The van der Waals surface area contributed by atoms with Gasteiger partial charge in [0.1, 0.15) is 0 Å². The van der Waals surface area contributed by atoms with Crippen LogP contribution < -0.4 is 5.32 Å². The lowest BCUT2D eigenvalue weighted by atomic mass is 9.72. The van der Waals surface area contributed by atoms with Gasteiger partial charge in [0.2, 0.25) is 0 Å². The maximum Gasteiger partial charge on any atom is 0.0867 e. The average molecular weight is 248 g/mol. The SMILES string of the molecule is N#CC1(c2cncc(Cl)c2)CC2CCC(C1)N2. The molecule has 0 saturated carbocycles. The molecule has 0 spiro atoms. The normalized spacial score (nSPS) is 35.5. The summed E-state index contributed by atoms with van der Waals surface area (Å²) in [5, 5.41) is 13.8. The maximum absolute atomic E-state index is 9.60. The van der Waals surface area contributed by atoms with Crippen LogP contribution in [0.25, 0.3) is 0 Å². The van der Waals surface area contributed by atoms with Gasteiger partial charge in [-0.15, -0.1) is 0 Å². The molecule has 1 N–H and O–H groups in total. The van der Waals surface area contributed by atoms with Crippen molar-refractivity contribution in [3.05, 3.63) is 29.0 Å². The van der Waals surface area contributed by atoms with E-state index in [1.807, 2.05) is 6.07 Å². The van der Waals surface area contributed by atoms with Crippen molar-refractivity contribution < 1.29 is 0 Å².